The van der Waals surface area contributed by atoms with Crippen LogP contribution in [0.1, 0.15) is 16.7 Å². The van der Waals surface area contributed by atoms with Gasteiger partial charge in [-0.25, -0.2) is 0 Å². The highest BCUT2D eigenvalue weighted by Crippen LogP contribution is 2.43. The summed E-state index contributed by atoms with van der Waals surface area (Å²) in [5, 5.41) is 4.87. The van der Waals surface area contributed by atoms with Gasteiger partial charge < -0.3 is 0 Å². The van der Waals surface area contributed by atoms with E-state index >= 15 is 0 Å². The van der Waals surface area contributed by atoms with Crippen LogP contribution in [-0.2, 0) is 0 Å². The maximum absolute atomic E-state index is 4.56. The van der Waals surface area contributed by atoms with E-state index in [2.05, 4.69) is 157 Å². The second kappa shape index (κ2) is 10.5. The van der Waals surface area contributed by atoms with E-state index in [1.165, 1.54) is 60.7 Å². The summed E-state index contributed by atoms with van der Waals surface area (Å²) in [4.78, 5) is 4.56. The number of hydrogen-bond acceptors (Lipinski definition) is 1. The molecule has 1 heterocycles. The summed E-state index contributed by atoms with van der Waals surface area (Å²) >= 11 is 0. The highest BCUT2D eigenvalue weighted by molar-refractivity contribution is 6.21. The van der Waals surface area contributed by atoms with Crippen molar-refractivity contribution in [3.8, 4) is 22.3 Å². The van der Waals surface area contributed by atoms with Gasteiger partial charge in [0.2, 0.25) is 0 Å². The van der Waals surface area contributed by atoms with Crippen LogP contribution in [0.5, 0.6) is 0 Å². The van der Waals surface area contributed by atoms with Gasteiger partial charge in [0.15, 0.2) is 0 Å². The Balaban J connectivity index is 1.40. The molecule has 1 heteroatoms. The normalized spacial score (nSPS) is 11.0. The first-order chi connectivity index (χ1) is 19.9. The first-order valence-corrected chi connectivity index (χ1v) is 13.6. The van der Waals surface area contributed by atoms with Gasteiger partial charge in [-0.1, -0.05) is 140 Å². The summed E-state index contributed by atoms with van der Waals surface area (Å²) in [5.41, 5.74) is 9.67. The number of pyridine rings is 1. The molecule has 0 aliphatic heterocycles. The first-order valence-electron chi connectivity index (χ1n) is 13.6. The third-order valence-electron chi connectivity index (χ3n) is 7.57. The monoisotopic (exact) mass is 509 g/mol. The Bertz CT molecular complexity index is 1860. The lowest BCUT2D eigenvalue weighted by Gasteiger charge is -2.17. The van der Waals surface area contributed by atoms with Crippen LogP contribution in [0, 0.1) is 0 Å². The molecule has 0 aliphatic rings. The molecule has 1 nitrogen and oxygen atoms in total. The summed E-state index contributed by atoms with van der Waals surface area (Å²) in [7, 11) is 0. The van der Waals surface area contributed by atoms with Crippen LogP contribution in [0.25, 0.3) is 55.4 Å². The Labute approximate surface area is 234 Å². The van der Waals surface area contributed by atoms with Gasteiger partial charge in [0.1, 0.15) is 0 Å². The lowest BCUT2D eigenvalue weighted by molar-refractivity contribution is 1.37. The Hall–Kier alpha value is -5.27. The molecule has 0 aliphatic carbocycles. The average molecular weight is 510 g/mol. The molecule has 6 aromatic carbocycles. The van der Waals surface area contributed by atoms with Gasteiger partial charge in [-0.15, -0.1) is 0 Å². The van der Waals surface area contributed by atoms with E-state index in [0.717, 1.165) is 5.39 Å². The molecule has 0 bridgehead atoms. The van der Waals surface area contributed by atoms with Gasteiger partial charge in [0.25, 0.3) is 0 Å². The van der Waals surface area contributed by atoms with Crippen LogP contribution < -0.4 is 0 Å². The molecule has 0 saturated heterocycles. The van der Waals surface area contributed by atoms with Gasteiger partial charge in [-0.05, 0) is 72.8 Å². The minimum absolute atomic E-state index is 1.16. The molecule has 40 heavy (non-hydrogen) atoms. The summed E-state index contributed by atoms with van der Waals surface area (Å²) in [6.45, 7) is 0. The molecule has 0 saturated carbocycles. The second-order valence-electron chi connectivity index (χ2n) is 9.99. The number of rotatable bonds is 5. The van der Waals surface area contributed by atoms with Crippen LogP contribution in [0.3, 0.4) is 0 Å². The molecule has 188 valence electrons. The molecule has 0 N–H and O–H groups in total. The smallest absolute Gasteiger partial charge is 0.0353 e. The number of nitrogens with zero attached hydrogens (tertiary/aromatic N) is 1. The van der Waals surface area contributed by atoms with E-state index in [1.54, 1.807) is 0 Å². The highest BCUT2D eigenvalue weighted by atomic mass is 14.6. The number of fused-ring (bicyclic) bond motifs is 2. The Morgan fingerprint density at radius 2 is 0.900 bits per heavy atom. The fraction of sp³-hybridized carbons (Fsp3) is 0. The van der Waals surface area contributed by atoms with Gasteiger partial charge in [-0.3, -0.25) is 4.98 Å². The average Bonchev–Trinajstić information content (AvgIpc) is 3.04. The summed E-state index contributed by atoms with van der Waals surface area (Å²) in [6, 6.07) is 51.7. The quantitative estimate of drug-likeness (QED) is 0.166. The predicted molar refractivity (Wildman–Crippen MR) is 170 cm³/mol. The molecule has 7 aromatic rings. The fourth-order valence-electron chi connectivity index (χ4n) is 5.73. The van der Waals surface area contributed by atoms with Crippen molar-refractivity contribution < 1.29 is 0 Å². The van der Waals surface area contributed by atoms with Gasteiger partial charge in [0.05, 0.1) is 0 Å². The van der Waals surface area contributed by atoms with Crippen LogP contribution in [0.4, 0.5) is 0 Å². The highest BCUT2D eigenvalue weighted by Gasteiger charge is 2.16. The van der Waals surface area contributed by atoms with Crippen molar-refractivity contribution in [3.05, 3.63) is 175 Å². The molecule has 0 radical (unpaired) electrons. The molecular formula is C39H27N. The topological polar surface area (TPSA) is 12.9 Å². The Morgan fingerprint density at radius 1 is 0.425 bits per heavy atom. The molecule has 0 atom stereocenters. The predicted octanol–water partition coefficient (Wildman–Crippen LogP) is 10.3. The minimum atomic E-state index is 1.16. The van der Waals surface area contributed by atoms with Crippen LogP contribution in [0.2, 0.25) is 0 Å². The van der Waals surface area contributed by atoms with E-state index in [1.807, 2.05) is 12.4 Å². The molecule has 0 unspecified atom stereocenters. The van der Waals surface area contributed by atoms with E-state index in [0.29, 0.717) is 0 Å². The van der Waals surface area contributed by atoms with Crippen molar-refractivity contribution in [2.45, 2.75) is 0 Å². The van der Waals surface area contributed by atoms with Crippen LogP contribution in [-0.4, -0.2) is 4.98 Å². The Morgan fingerprint density at radius 3 is 1.50 bits per heavy atom. The van der Waals surface area contributed by atoms with Gasteiger partial charge in [0, 0.05) is 17.8 Å². The van der Waals surface area contributed by atoms with Gasteiger partial charge in [-0.2, -0.15) is 0 Å². The fourth-order valence-corrected chi connectivity index (χ4v) is 5.73. The van der Waals surface area contributed by atoms with E-state index < -0.39 is 0 Å². The zero-order valence-electron chi connectivity index (χ0n) is 22.0. The van der Waals surface area contributed by atoms with Gasteiger partial charge >= 0.3 is 0 Å². The van der Waals surface area contributed by atoms with Crippen molar-refractivity contribution in [1.29, 1.82) is 0 Å². The van der Waals surface area contributed by atoms with Crippen LogP contribution >= 0.6 is 0 Å². The third-order valence-corrected chi connectivity index (χ3v) is 7.57. The van der Waals surface area contributed by atoms with Crippen molar-refractivity contribution in [2.75, 3.05) is 0 Å². The second-order valence-corrected chi connectivity index (χ2v) is 9.99. The van der Waals surface area contributed by atoms with Crippen LogP contribution in [0.15, 0.2) is 158 Å². The third kappa shape index (κ3) is 4.38. The largest absolute Gasteiger partial charge is 0.264 e. The molecule has 1 aromatic heterocycles. The zero-order chi connectivity index (χ0) is 26.7. The zero-order valence-corrected chi connectivity index (χ0v) is 22.0. The number of benzene rings is 6. The minimum Gasteiger partial charge on any atom is -0.264 e. The lowest BCUT2D eigenvalue weighted by Crippen LogP contribution is -1.91. The maximum atomic E-state index is 4.56. The van der Waals surface area contributed by atoms with E-state index in [-0.39, 0.29) is 0 Å². The maximum Gasteiger partial charge on any atom is 0.0353 e. The first kappa shape index (κ1) is 23.8. The van der Waals surface area contributed by atoms with Crippen molar-refractivity contribution >= 4 is 33.2 Å². The van der Waals surface area contributed by atoms with Crippen molar-refractivity contribution in [2.24, 2.45) is 0 Å². The van der Waals surface area contributed by atoms with Crippen molar-refractivity contribution in [3.63, 3.8) is 0 Å². The molecule has 0 spiro atoms. The molecule has 0 fully saturated rings. The molecular weight excluding hydrogens is 482 g/mol. The summed E-state index contributed by atoms with van der Waals surface area (Å²) < 4.78 is 0. The number of aromatic nitrogens is 1. The molecule has 0 amide bonds. The Kier molecular flexibility index (Phi) is 6.24. The van der Waals surface area contributed by atoms with E-state index in [9.17, 15) is 0 Å². The molecule has 7 rings (SSSR count). The lowest BCUT2D eigenvalue weighted by atomic mass is 9.86. The standard InChI is InChI=1S/C39H27N/c1-4-12-29(13-5-1)36(30-14-6-2-7-15-30)26-28-20-22-32(23-21-28)39-34-19-11-10-18-33(34)38(31-16-8-3-9-17-31)35-24-25-40-27-37(35)39/h1-27H. The number of hydrogen-bond donors (Lipinski definition) is 0. The summed E-state index contributed by atoms with van der Waals surface area (Å²) in [5.74, 6) is 0. The summed E-state index contributed by atoms with van der Waals surface area (Å²) in [6.07, 6.45) is 6.20. The van der Waals surface area contributed by atoms with Crippen molar-refractivity contribution in [1.82, 2.24) is 4.98 Å². The van der Waals surface area contributed by atoms with E-state index in [4.69, 9.17) is 0 Å². The SMILES string of the molecule is C(=C(c1ccccc1)c1ccccc1)c1ccc(-c2c3ccccc3c(-c3ccccc3)c3ccncc23)cc1.